The van der Waals surface area contributed by atoms with Gasteiger partial charge in [-0.25, -0.2) is 4.79 Å². The van der Waals surface area contributed by atoms with Gasteiger partial charge in [0.1, 0.15) is 5.75 Å². The second kappa shape index (κ2) is 9.58. The fraction of sp³-hybridized carbons (Fsp3) is 0.435. The van der Waals surface area contributed by atoms with Gasteiger partial charge in [0.2, 0.25) is 0 Å². The fourth-order valence-corrected chi connectivity index (χ4v) is 4.37. The van der Waals surface area contributed by atoms with Crippen LogP contribution in [0.2, 0.25) is 5.02 Å². The molecule has 2 saturated heterocycles. The van der Waals surface area contributed by atoms with Crippen LogP contribution >= 0.6 is 11.6 Å². The van der Waals surface area contributed by atoms with Crippen LogP contribution in [0.1, 0.15) is 6.42 Å². The molecule has 2 fully saturated rings. The third-order valence-corrected chi connectivity index (χ3v) is 6.16. The molecule has 0 aliphatic carbocycles. The molecule has 4 rings (SSSR count). The lowest BCUT2D eigenvalue weighted by Crippen LogP contribution is -2.47. The molecule has 6 nitrogen and oxygen atoms in total. The summed E-state index contributed by atoms with van der Waals surface area (Å²) >= 11 is 6.07. The van der Waals surface area contributed by atoms with Crippen LogP contribution in [0.4, 0.5) is 16.2 Å². The van der Waals surface area contributed by atoms with Crippen molar-refractivity contribution in [2.45, 2.75) is 6.42 Å². The molecule has 0 saturated carbocycles. The highest BCUT2D eigenvalue weighted by atomic mass is 35.5. The molecule has 2 aromatic rings. The van der Waals surface area contributed by atoms with E-state index in [4.69, 9.17) is 16.3 Å². The fourth-order valence-electron chi connectivity index (χ4n) is 4.18. The lowest BCUT2D eigenvalue weighted by molar-refractivity contribution is 0.210. The van der Waals surface area contributed by atoms with Crippen molar-refractivity contribution >= 4 is 29.0 Å². The van der Waals surface area contributed by atoms with E-state index in [0.29, 0.717) is 5.02 Å². The van der Waals surface area contributed by atoms with Crippen LogP contribution in [0.15, 0.2) is 48.5 Å². The standard InChI is InChI=1S/C23H29ClN4O2/c1-30-22-8-6-20(7-9-22)26-14-12-25(13-15-26)10-3-11-27-16-17-28(23(27)29)21-5-2-4-19(24)18-21/h2,4-9,18H,3,10-17H2,1H3. The van der Waals surface area contributed by atoms with Gasteiger partial charge < -0.3 is 14.5 Å². The second-order valence-corrected chi connectivity index (χ2v) is 8.22. The highest BCUT2D eigenvalue weighted by Crippen LogP contribution is 2.24. The van der Waals surface area contributed by atoms with E-state index in [1.807, 2.05) is 46.2 Å². The molecule has 2 aromatic carbocycles. The van der Waals surface area contributed by atoms with Crippen LogP contribution in [0.3, 0.4) is 0 Å². The predicted octanol–water partition coefficient (Wildman–Crippen LogP) is 3.80. The van der Waals surface area contributed by atoms with Gasteiger partial charge in [0, 0.05) is 62.2 Å². The first-order valence-corrected chi connectivity index (χ1v) is 11.0. The van der Waals surface area contributed by atoms with Gasteiger partial charge in [-0.2, -0.15) is 0 Å². The molecule has 0 aromatic heterocycles. The van der Waals surface area contributed by atoms with Crippen molar-refractivity contribution in [1.29, 1.82) is 0 Å². The Hall–Kier alpha value is -2.44. The van der Waals surface area contributed by atoms with Crippen molar-refractivity contribution in [3.05, 3.63) is 53.6 Å². The number of anilines is 2. The van der Waals surface area contributed by atoms with Crippen LogP contribution in [-0.4, -0.2) is 75.3 Å². The van der Waals surface area contributed by atoms with Gasteiger partial charge in [-0.1, -0.05) is 17.7 Å². The Balaban J connectivity index is 1.20. The summed E-state index contributed by atoms with van der Waals surface area (Å²) in [5.74, 6) is 0.891. The zero-order valence-electron chi connectivity index (χ0n) is 17.5. The molecule has 7 heteroatoms. The number of hydrogen-bond acceptors (Lipinski definition) is 4. The molecule has 0 spiro atoms. The van der Waals surface area contributed by atoms with E-state index < -0.39 is 0 Å². The molecule has 2 amide bonds. The Morgan fingerprint density at radius 1 is 0.900 bits per heavy atom. The highest BCUT2D eigenvalue weighted by molar-refractivity contribution is 6.30. The van der Waals surface area contributed by atoms with Gasteiger partial charge in [-0.15, -0.1) is 0 Å². The maximum absolute atomic E-state index is 12.7. The Kier molecular flexibility index (Phi) is 6.65. The van der Waals surface area contributed by atoms with E-state index >= 15 is 0 Å². The second-order valence-electron chi connectivity index (χ2n) is 7.78. The van der Waals surface area contributed by atoms with Crippen molar-refractivity contribution in [3.63, 3.8) is 0 Å². The maximum atomic E-state index is 12.7. The lowest BCUT2D eigenvalue weighted by Gasteiger charge is -2.36. The van der Waals surface area contributed by atoms with Gasteiger partial charge in [-0.3, -0.25) is 9.80 Å². The van der Waals surface area contributed by atoms with Crippen molar-refractivity contribution in [2.75, 3.05) is 69.3 Å². The van der Waals surface area contributed by atoms with Crippen molar-refractivity contribution < 1.29 is 9.53 Å². The van der Waals surface area contributed by atoms with Gasteiger partial charge in [0.25, 0.3) is 0 Å². The number of benzene rings is 2. The van der Waals surface area contributed by atoms with E-state index in [0.717, 1.165) is 70.2 Å². The Labute approximate surface area is 183 Å². The smallest absolute Gasteiger partial charge is 0.324 e. The van der Waals surface area contributed by atoms with Gasteiger partial charge in [0.15, 0.2) is 0 Å². The normalized spacial score (nSPS) is 17.7. The quantitative estimate of drug-likeness (QED) is 0.672. The van der Waals surface area contributed by atoms with Gasteiger partial charge in [-0.05, 0) is 55.4 Å². The minimum atomic E-state index is 0.0848. The Morgan fingerprint density at radius 3 is 2.37 bits per heavy atom. The molecule has 2 heterocycles. The number of hydrogen-bond donors (Lipinski definition) is 0. The number of amides is 2. The number of methoxy groups -OCH3 is 1. The summed E-state index contributed by atoms with van der Waals surface area (Å²) in [4.78, 5) is 21.4. The molecular formula is C23H29ClN4O2. The van der Waals surface area contributed by atoms with E-state index in [2.05, 4.69) is 21.9 Å². The number of carbonyl (C=O) groups excluding carboxylic acids is 1. The Morgan fingerprint density at radius 2 is 1.67 bits per heavy atom. The monoisotopic (exact) mass is 428 g/mol. The average molecular weight is 429 g/mol. The van der Waals surface area contributed by atoms with E-state index in [9.17, 15) is 4.79 Å². The van der Waals surface area contributed by atoms with Crippen LogP contribution in [0.25, 0.3) is 0 Å². The zero-order valence-corrected chi connectivity index (χ0v) is 18.2. The summed E-state index contributed by atoms with van der Waals surface area (Å²) in [7, 11) is 1.69. The molecule has 2 aliphatic heterocycles. The van der Waals surface area contributed by atoms with E-state index in [1.54, 1.807) is 7.11 Å². The molecule has 0 atom stereocenters. The minimum absolute atomic E-state index is 0.0848. The highest BCUT2D eigenvalue weighted by Gasteiger charge is 2.29. The first-order valence-electron chi connectivity index (χ1n) is 10.6. The molecule has 2 aliphatic rings. The van der Waals surface area contributed by atoms with Crippen molar-refractivity contribution in [2.24, 2.45) is 0 Å². The van der Waals surface area contributed by atoms with Crippen LogP contribution in [0, 0.1) is 0 Å². The summed E-state index contributed by atoms with van der Waals surface area (Å²) in [5, 5.41) is 0.660. The summed E-state index contributed by atoms with van der Waals surface area (Å²) in [6, 6.07) is 15.9. The van der Waals surface area contributed by atoms with E-state index in [1.165, 1.54) is 5.69 Å². The lowest BCUT2D eigenvalue weighted by atomic mass is 10.2. The predicted molar refractivity (Wildman–Crippen MR) is 122 cm³/mol. The SMILES string of the molecule is COc1ccc(N2CCN(CCCN3CCN(c4cccc(Cl)c4)C3=O)CC2)cc1. The summed E-state index contributed by atoms with van der Waals surface area (Å²) in [6.45, 7) is 7.47. The number of urea groups is 1. The van der Waals surface area contributed by atoms with Gasteiger partial charge in [0.05, 0.1) is 7.11 Å². The molecule has 0 bridgehead atoms. The minimum Gasteiger partial charge on any atom is -0.497 e. The van der Waals surface area contributed by atoms with Gasteiger partial charge >= 0.3 is 6.03 Å². The molecule has 160 valence electrons. The third kappa shape index (κ3) is 4.82. The molecule has 30 heavy (non-hydrogen) atoms. The number of piperazine rings is 1. The first-order chi connectivity index (χ1) is 14.6. The number of rotatable bonds is 7. The first kappa shape index (κ1) is 20.8. The van der Waals surface area contributed by atoms with Crippen LogP contribution in [-0.2, 0) is 0 Å². The zero-order chi connectivity index (χ0) is 20.9. The average Bonchev–Trinajstić information content (AvgIpc) is 3.15. The number of ether oxygens (including phenoxy) is 1. The topological polar surface area (TPSA) is 39.3 Å². The summed E-state index contributed by atoms with van der Waals surface area (Å²) < 4.78 is 5.24. The van der Waals surface area contributed by atoms with Crippen LogP contribution in [0.5, 0.6) is 5.75 Å². The number of halogens is 1. The molecule has 0 unspecified atom stereocenters. The van der Waals surface area contributed by atoms with E-state index in [-0.39, 0.29) is 6.03 Å². The largest absolute Gasteiger partial charge is 0.497 e. The third-order valence-electron chi connectivity index (χ3n) is 5.93. The molecule has 0 radical (unpaired) electrons. The summed E-state index contributed by atoms with van der Waals surface area (Å²) in [6.07, 6.45) is 0.998. The number of carbonyl (C=O) groups is 1. The van der Waals surface area contributed by atoms with Crippen molar-refractivity contribution in [3.8, 4) is 5.75 Å². The molecular weight excluding hydrogens is 400 g/mol. The Bertz CT molecular complexity index is 853. The van der Waals surface area contributed by atoms with Crippen molar-refractivity contribution in [1.82, 2.24) is 9.80 Å². The van der Waals surface area contributed by atoms with Crippen LogP contribution < -0.4 is 14.5 Å². The molecule has 0 N–H and O–H groups in total. The number of nitrogens with zero attached hydrogens (tertiary/aromatic N) is 4. The summed E-state index contributed by atoms with van der Waals surface area (Å²) in [5.41, 5.74) is 2.13. The maximum Gasteiger partial charge on any atom is 0.324 e.